The van der Waals surface area contributed by atoms with Gasteiger partial charge in [-0.15, -0.1) is 0 Å². The van der Waals surface area contributed by atoms with Crippen LogP contribution in [0.15, 0.2) is 91.0 Å². The molecule has 0 unspecified atom stereocenters. The van der Waals surface area contributed by atoms with Gasteiger partial charge in [-0.2, -0.15) is 0 Å². The summed E-state index contributed by atoms with van der Waals surface area (Å²) in [5.41, 5.74) is 3.32. The lowest BCUT2D eigenvalue weighted by Gasteiger charge is -2.35. The Hall–Kier alpha value is -2.95. The molecule has 0 aliphatic carbocycles. The Labute approximate surface area is 204 Å². The number of aliphatic hydroxyl groups excluding tert-OH is 1. The van der Waals surface area contributed by atoms with E-state index in [1.807, 2.05) is 49.4 Å². The molecule has 1 amide bonds. The monoisotopic (exact) mass is 458 g/mol. The average Bonchev–Trinajstić information content (AvgIpc) is 2.88. The topological polar surface area (TPSA) is 43.8 Å². The molecule has 3 aromatic rings. The van der Waals surface area contributed by atoms with Gasteiger partial charge in [0.2, 0.25) is 5.91 Å². The first-order chi connectivity index (χ1) is 16.5. The Morgan fingerprint density at radius 2 is 1.29 bits per heavy atom. The fraction of sp³-hybridized carbons (Fsp3) is 0.367. The largest absolute Gasteiger partial charge is 0.386 e. The maximum absolute atomic E-state index is 13.4. The molecule has 0 fully saturated rings. The highest BCUT2D eigenvalue weighted by atomic mass is 16.3. The van der Waals surface area contributed by atoms with Crippen LogP contribution in [0.3, 0.4) is 0 Å². The van der Waals surface area contributed by atoms with Gasteiger partial charge in [0, 0.05) is 32.6 Å². The molecule has 0 aromatic heterocycles. The summed E-state index contributed by atoms with van der Waals surface area (Å²) in [7, 11) is 1.81. The zero-order valence-electron chi connectivity index (χ0n) is 20.7. The van der Waals surface area contributed by atoms with Crippen LogP contribution >= 0.6 is 0 Å². The molecule has 4 nitrogen and oxygen atoms in total. The smallest absolute Gasteiger partial charge is 0.224 e. The molecule has 0 heterocycles. The molecule has 0 spiro atoms. The lowest BCUT2D eigenvalue weighted by molar-refractivity contribution is -0.135. The van der Waals surface area contributed by atoms with Crippen molar-refractivity contribution in [1.82, 2.24) is 9.80 Å². The van der Waals surface area contributed by atoms with Gasteiger partial charge in [0.25, 0.3) is 0 Å². The second-order valence-corrected chi connectivity index (χ2v) is 9.12. The quantitative estimate of drug-likeness (QED) is 0.371. The maximum Gasteiger partial charge on any atom is 0.224 e. The van der Waals surface area contributed by atoms with Crippen LogP contribution in [0, 0.1) is 0 Å². The summed E-state index contributed by atoms with van der Waals surface area (Å²) in [6, 6.07) is 30.3. The molecule has 0 saturated carbocycles. The third-order valence-electron chi connectivity index (χ3n) is 6.61. The summed E-state index contributed by atoms with van der Waals surface area (Å²) in [6.07, 6.45) is 1.65. The van der Waals surface area contributed by atoms with E-state index >= 15 is 0 Å². The number of hydrogen-bond donors (Lipinski definition) is 1. The summed E-state index contributed by atoms with van der Waals surface area (Å²) >= 11 is 0. The van der Waals surface area contributed by atoms with E-state index in [9.17, 15) is 9.90 Å². The third kappa shape index (κ3) is 7.28. The average molecular weight is 459 g/mol. The van der Waals surface area contributed by atoms with Crippen LogP contribution in [0.2, 0.25) is 0 Å². The fourth-order valence-corrected chi connectivity index (χ4v) is 4.41. The van der Waals surface area contributed by atoms with Gasteiger partial charge in [-0.1, -0.05) is 104 Å². The number of hydrogen-bond acceptors (Lipinski definition) is 3. The summed E-state index contributed by atoms with van der Waals surface area (Å²) in [4.78, 5) is 17.5. The van der Waals surface area contributed by atoms with Crippen LogP contribution in [0.25, 0.3) is 0 Å². The van der Waals surface area contributed by atoms with Crippen molar-refractivity contribution >= 4 is 5.91 Å². The van der Waals surface area contributed by atoms with Crippen LogP contribution in [0.5, 0.6) is 0 Å². The normalized spacial score (nSPS) is 13.9. The SMILES string of the molecule is CCC[C@H](CC(=O)N(C)[C@@H](C)[C@@H](O)c1ccccc1)N(Cc1ccccc1)Cc1ccccc1. The minimum Gasteiger partial charge on any atom is -0.386 e. The predicted molar refractivity (Wildman–Crippen MR) is 139 cm³/mol. The number of aliphatic hydroxyl groups is 1. The number of likely N-dealkylation sites (N-methyl/N-ethyl adjacent to an activating group) is 1. The first-order valence-corrected chi connectivity index (χ1v) is 12.3. The van der Waals surface area contributed by atoms with Crippen LogP contribution < -0.4 is 0 Å². The van der Waals surface area contributed by atoms with Crippen molar-refractivity contribution in [3.05, 3.63) is 108 Å². The van der Waals surface area contributed by atoms with Crippen molar-refractivity contribution in [2.45, 2.75) is 64.4 Å². The van der Waals surface area contributed by atoms with E-state index in [-0.39, 0.29) is 18.0 Å². The molecule has 180 valence electrons. The van der Waals surface area contributed by atoms with Gasteiger partial charge in [-0.3, -0.25) is 9.69 Å². The van der Waals surface area contributed by atoms with E-state index in [2.05, 4.69) is 60.4 Å². The highest BCUT2D eigenvalue weighted by molar-refractivity contribution is 5.77. The van der Waals surface area contributed by atoms with Crippen LogP contribution in [-0.4, -0.2) is 39.9 Å². The van der Waals surface area contributed by atoms with Gasteiger partial charge in [0.15, 0.2) is 0 Å². The second-order valence-electron chi connectivity index (χ2n) is 9.12. The number of amides is 1. The summed E-state index contributed by atoms with van der Waals surface area (Å²) < 4.78 is 0. The molecule has 0 aliphatic heterocycles. The molecule has 3 rings (SSSR count). The first kappa shape index (κ1) is 25.7. The summed E-state index contributed by atoms with van der Waals surface area (Å²) in [6.45, 7) is 5.67. The molecule has 0 radical (unpaired) electrons. The van der Waals surface area contributed by atoms with E-state index < -0.39 is 6.10 Å². The Balaban J connectivity index is 1.76. The molecule has 0 saturated heterocycles. The standard InChI is InChI=1S/C30H38N2O2/c1-4-14-28(21-29(33)31(3)24(2)30(34)27-19-12-7-13-20-27)32(22-25-15-8-5-9-16-25)23-26-17-10-6-11-18-26/h5-13,15-20,24,28,30,34H,4,14,21-23H2,1-3H3/t24-,28+,30+/m0/s1. The van der Waals surface area contributed by atoms with Crippen LogP contribution in [0.1, 0.15) is 55.9 Å². The van der Waals surface area contributed by atoms with Crippen LogP contribution in [0.4, 0.5) is 0 Å². The zero-order chi connectivity index (χ0) is 24.3. The number of rotatable bonds is 12. The van der Waals surface area contributed by atoms with Gasteiger partial charge in [-0.05, 0) is 30.0 Å². The highest BCUT2D eigenvalue weighted by Crippen LogP contribution is 2.23. The molecule has 3 aromatic carbocycles. The van der Waals surface area contributed by atoms with Gasteiger partial charge in [0.1, 0.15) is 0 Å². The molecule has 1 N–H and O–H groups in total. The van der Waals surface area contributed by atoms with E-state index in [1.54, 1.807) is 11.9 Å². The van der Waals surface area contributed by atoms with E-state index in [1.165, 1.54) is 11.1 Å². The van der Waals surface area contributed by atoms with Crippen LogP contribution in [-0.2, 0) is 17.9 Å². The van der Waals surface area contributed by atoms with Crippen molar-refractivity contribution in [3.8, 4) is 0 Å². The molecular formula is C30H38N2O2. The van der Waals surface area contributed by atoms with Gasteiger partial charge < -0.3 is 10.0 Å². The minimum absolute atomic E-state index is 0.0621. The lowest BCUT2D eigenvalue weighted by Crippen LogP contribution is -2.43. The lowest BCUT2D eigenvalue weighted by atomic mass is 10.00. The van der Waals surface area contributed by atoms with E-state index in [0.717, 1.165) is 31.5 Å². The third-order valence-corrected chi connectivity index (χ3v) is 6.61. The van der Waals surface area contributed by atoms with Crippen molar-refractivity contribution < 1.29 is 9.90 Å². The highest BCUT2D eigenvalue weighted by Gasteiger charge is 2.28. The summed E-state index contributed by atoms with van der Waals surface area (Å²) in [5.74, 6) is 0.0621. The second kappa shape index (κ2) is 13.1. The van der Waals surface area contributed by atoms with Gasteiger partial charge in [-0.25, -0.2) is 0 Å². The van der Waals surface area contributed by atoms with E-state index in [4.69, 9.17) is 0 Å². The Morgan fingerprint density at radius 1 is 0.824 bits per heavy atom. The Morgan fingerprint density at radius 3 is 1.76 bits per heavy atom. The maximum atomic E-state index is 13.4. The van der Waals surface area contributed by atoms with Crippen molar-refractivity contribution in [2.24, 2.45) is 0 Å². The number of carbonyl (C=O) groups is 1. The molecule has 3 atom stereocenters. The fourth-order valence-electron chi connectivity index (χ4n) is 4.41. The predicted octanol–water partition coefficient (Wildman–Crippen LogP) is 5.83. The van der Waals surface area contributed by atoms with Crippen molar-refractivity contribution in [1.29, 1.82) is 0 Å². The van der Waals surface area contributed by atoms with Crippen molar-refractivity contribution in [3.63, 3.8) is 0 Å². The van der Waals surface area contributed by atoms with Crippen molar-refractivity contribution in [2.75, 3.05) is 7.05 Å². The molecule has 0 aliphatic rings. The zero-order valence-corrected chi connectivity index (χ0v) is 20.7. The molecule has 34 heavy (non-hydrogen) atoms. The van der Waals surface area contributed by atoms with Gasteiger partial charge >= 0.3 is 0 Å². The number of nitrogens with zero attached hydrogens (tertiary/aromatic N) is 2. The molecule has 0 bridgehead atoms. The number of benzene rings is 3. The number of carbonyl (C=O) groups excluding carboxylic acids is 1. The Kier molecular flexibility index (Phi) is 9.87. The van der Waals surface area contributed by atoms with E-state index in [0.29, 0.717) is 6.42 Å². The first-order valence-electron chi connectivity index (χ1n) is 12.3. The summed E-state index contributed by atoms with van der Waals surface area (Å²) in [5, 5.41) is 10.8. The molecule has 4 heteroatoms. The minimum atomic E-state index is -0.718. The van der Waals surface area contributed by atoms with Gasteiger partial charge in [0.05, 0.1) is 12.1 Å². The molecular weight excluding hydrogens is 420 g/mol. The Bertz CT molecular complexity index is 937.